The average Bonchev–Trinajstić information content (AvgIpc) is 3.12. The number of aromatic nitrogens is 3. The molecule has 0 saturated heterocycles. The predicted octanol–water partition coefficient (Wildman–Crippen LogP) is 4.11. The number of rotatable bonds is 4. The summed E-state index contributed by atoms with van der Waals surface area (Å²) in [4.78, 5) is 2.45. The quantitative estimate of drug-likeness (QED) is 0.582. The van der Waals surface area contributed by atoms with Crippen LogP contribution in [0.2, 0.25) is 0 Å². The zero-order valence-electron chi connectivity index (χ0n) is 11.5. The number of nitrogens with one attached hydrogen (secondary N) is 1. The first kappa shape index (κ1) is 13.9. The molecule has 3 aromatic rings. The smallest absolute Gasteiger partial charge is 0.216 e. The monoisotopic (exact) mass is 314 g/mol. The Morgan fingerprint density at radius 3 is 2.81 bits per heavy atom. The number of nitrogens with zero attached hydrogens (tertiary/aromatic N) is 3. The lowest BCUT2D eigenvalue weighted by Gasteiger charge is -1.99. The number of hydrogen-bond donors (Lipinski definition) is 1. The van der Waals surface area contributed by atoms with Crippen LogP contribution in [0.25, 0.3) is 11.4 Å². The molecule has 1 N–H and O–H groups in total. The molecule has 2 aromatic heterocycles. The first-order valence-electron chi connectivity index (χ1n) is 6.64. The van der Waals surface area contributed by atoms with Gasteiger partial charge in [-0.15, -0.1) is 11.3 Å². The van der Waals surface area contributed by atoms with Crippen molar-refractivity contribution in [3.8, 4) is 11.4 Å². The lowest BCUT2D eigenvalue weighted by molar-refractivity contribution is 0.872. The van der Waals surface area contributed by atoms with Crippen LogP contribution in [0, 0.1) is 4.77 Å². The number of thiophene rings is 1. The second kappa shape index (κ2) is 6.15. The summed E-state index contributed by atoms with van der Waals surface area (Å²) in [7, 11) is 0. The molecular formula is C15H14N4S2. The maximum Gasteiger partial charge on any atom is 0.216 e. The summed E-state index contributed by atoms with van der Waals surface area (Å²) in [5, 5.41) is 11.5. The molecule has 106 valence electrons. The molecule has 3 rings (SSSR count). The molecule has 0 unspecified atom stereocenters. The first-order valence-corrected chi connectivity index (χ1v) is 7.86. The van der Waals surface area contributed by atoms with Crippen LogP contribution in [0.1, 0.15) is 16.7 Å². The molecular weight excluding hydrogens is 300 g/mol. The Balaban J connectivity index is 1.96. The Bertz CT molecular complexity index is 812. The molecule has 0 spiro atoms. The summed E-state index contributed by atoms with van der Waals surface area (Å²) in [6, 6.07) is 14.1. The molecule has 0 atom stereocenters. The van der Waals surface area contributed by atoms with E-state index in [0.29, 0.717) is 10.6 Å². The third kappa shape index (κ3) is 3.01. The summed E-state index contributed by atoms with van der Waals surface area (Å²) >= 11 is 6.99. The molecule has 0 aliphatic heterocycles. The van der Waals surface area contributed by atoms with E-state index in [1.165, 1.54) is 4.88 Å². The second-order valence-corrected chi connectivity index (χ2v) is 6.02. The Labute approximate surface area is 131 Å². The minimum atomic E-state index is 0.484. The Kier molecular flexibility index (Phi) is 4.08. The fourth-order valence-corrected chi connectivity index (χ4v) is 2.94. The molecule has 0 bridgehead atoms. The summed E-state index contributed by atoms with van der Waals surface area (Å²) in [5.41, 5.74) is 0.974. The van der Waals surface area contributed by atoms with Gasteiger partial charge in [-0.1, -0.05) is 37.3 Å². The van der Waals surface area contributed by atoms with Gasteiger partial charge in [-0.25, -0.2) is 5.10 Å². The molecule has 21 heavy (non-hydrogen) atoms. The third-order valence-electron chi connectivity index (χ3n) is 3.01. The Morgan fingerprint density at radius 1 is 1.29 bits per heavy atom. The van der Waals surface area contributed by atoms with Gasteiger partial charge in [-0.05, 0) is 30.8 Å². The van der Waals surface area contributed by atoms with Crippen LogP contribution in [0.15, 0.2) is 47.6 Å². The highest BCUT2D eigenvalue weighted by atomic mass is 32.1. The van der Waals surface area contributed by atoms with Crippen molar-refractivity contribution in [2.24, 2.45) is 5.10 Å². The first-order chi connectivity index (χ1) is 10.3. The molecule has 0 amide bonds. The number of aryl methyl sites for hydroxylation is 1. The molecule has 2 heterocycles. The summed E-state index contributed by atoms with van der Waals surface area (Å²) in [6.45, 7) is 2.15. The fraction of sp³-hybridized carbons (Fsp3) is 0.133. The van der Waals surface area contributed by atoms with Crippen molar-refractivity contribution >= 4 is 29.8 Å². The van der Waals surface area contributed by atoms with E-state index in [1.54, 1.807) is 16.0 Å². The summed E-state index contributed by atoms with van der Waals surface area (Å²) < 4.78 is 2.13. The van der Waals surface area contributed by atoms with Crippen molar-refractivity contribution in [3.63, 3.8) is 0 Å². The van der Waals surface area contributed by atoms with Crippen LogP contribution >= 0.6 is 23.6 Å². The minimum absolute atomic E-state index is 0.484. The highest BCUT2D eigenvalue weighted by Crippen LogP contribution is 2.18. The minimum Gasteiger partial charge on any atom is -0.250 e. The van der Waals surface area contributed by atoms with Crippen molar-refractivity contribution in [2.75, 3.05) is 0 Å². The summed E-state index contributed by atoms with van der Waals surface area (Å²) in [6.07, 6.45) is 2.86. The van der Waals surface area contributed by atoms with E-state index in [2.05, 4.69) is 34.4 Å². The number of H-pyrrole nitrogens is 1. The van der Waals surface area contributed by atoms with Gasteiger partial charge in [0.15, 0.2) is 5.82 Å². The SMILES string of the molecule is CCc1ccc(/C=N\n2c(-c3ccccc3)n[nH]c2=S)s1. The Morgan fingerprint density at radius 2 is 2.10 bits per heavy atom. The normalized spacial score (nSPS) is 11.3. The largest absolute Gasteiger partial charge is 0.250 e. The van der Waals surface area contributed by atoms with Crippen LogP contribution in [-0.4, -0.2) is 21.1 Å². The van der Waals surface area contributed by atoms with Gasteiger partial charge < -0.3 is 0 Å². The third-order valence-corrected chi connectivity index (χ3v) is 4.44. The van der Waals surface area contributed by atoms with Gasteiger partial charge in [0.1, 0.15) is 0 Å². The zero-order valence-corrected chi connectivity index (χ0v) is 13.1. The van der Waals surface area contributed by atoms with E-state index in [1.807, 2.05) is 36.5 Å². The van der Waals surface area contributed by atoms with Crippen molar-refractivity contribution in [3.05, 3.63) is 57.0 Å². The van der Waals surface area contributed by atoms with Gasteiger partial charge >= 0.3 is 0 Å². The average molecular weight is 314 g/mol. The van der Waals surface area contributed by atoms with Gasteiger partial charge in [0.05, 0.1) is 6.21 Å². The molecule has 0 saturated carbocycles. The molecule has 0 aliphatic carbocycles. The molecule has 1 aromatic carbocycles. The van der Waals surface area contributed by atoms with Gasteiger partial charge in [0.2, 0.25) is 4.77 Å². The Hall–Kier alpha value is -2.05. The molecule has 0 radical (unpaired) electrons. The molecule has 0 aliphatic rings. The fourth-order valence-electron chi connectivity index (χ4n) is 1.94. The predicted molar refractivity (Wildman–Crippen MR) is 89.5 cm³/mol. The van der Waals surface area contributed by atoms with Gasteiger partial charge in [0, 0.05) is 15.3 Å². The van der Waals surface area contributed by atoms with E-state index in [4.69, 9.17) is 12.2 Å². The number of aromatic amines is 1. The van der Waals surface area contributed by atoms with Crippen molar-refractivity contribution < 1.29 is 0 Å². The second-order valence-electron chi connectivity index (χ2n) is 4.43. The molecule has 4 nitrogen and oxygen atoms in total. The van der Waals surface area contributed by atoms with Crippen LogP contribution in [-0.2, 0) is 6.42 Å². The van der Waals surface area contributed by atoms with Crippen molar-refractivity contribution in [1.29, 1.82) is 0 Å². The van der Waals surface area contributed by atoms with Crippen LogP contribution < -0.4 is 0 Å². The van der Waals surface area contributed by atoms with E-state index < -0.39 is 0 Å². The zero-order chi connectivity index (χ0) is 14.7. The van der Waals surface area contributed by atoms with Crippen molar-refractivity contribution in [1.82, 2.24) is 14.9 Å². The van der Waals surface area contributed by atoms with Crippen molar-refractivity contribution in [2.45, 2.75) is 13.3 Å². The molecule has 6 heteroatoms. The van der Waals surface area contributed by atoms with E-state index >= 15 is 0 Å². The number of hydrogen-bond acceptors (Lipinski definition) is 4. The van der Waals surface area contributed by atoms with E-state index in [9.17, 15) is 0 Å². The summed E-state index contributed by atoms with van der Waals surface area (Å²) in [5.74, 6) is 0.712. The highest BCUT2D eigenvalue weighted by Gasteiger charge is 2.07. The maximum atomic E-state index is 5.25. The van der Waals surface area contributed by atoms with E-state index in [0.717, 1.165) is 16.9 Å². The lowest BCUT2D eigenvalue weighted by Crippen LogP contribution is -1.94. The standard InChI is InChI=1S/C15H14N4S2/c1-2-12-8-9-13(21-12)10-16-19-14(17-18-15(19)20)11-6-4-3-5-7-11/h3-10H,2H2,1H3,(H,18,20)/b16-10-. The topological polar surface area (TPSA) is 46.0 Å². The number of benzene rings is 1. The van der Waals surface area contributed by atoms with E-state index in [-0.39, 0.29) is 0 Å². The highest BCUT2D eigenvalue weighted by molar-refractivity contribution is 7.71. The van der Waals surface area contributed by atoms with Crippen LogP contribution in [0.4, 0.5) is 0 Å². The lowest BCUT2D eigenvalue weighted by atomic mass is 10.2. The molecule has 0 fully saturated rings. The van der Waals surface area contributed by atoms with Crippen LogP contribution in [0.5, 0.6) is 0 Å². The maximum absolute atomic E-state index is 5.25. The van der Waals surface area contributed by atoms with Gasteiger partial charge in [-0.3, -0.25) is 0 Å². The van der Waals surface area contributed by atoms with Gasteiger partial charge in [-0.2, -0.15) is 14.9 Å². The van der Waals surface area contributed by atoms with Crippen LogP contribution in [0.3, 0.4) is 0 Å². The van der Waals surface area contributed by atoms with Gasteiger partial charge in [0.25, 0.3) is 0 Å².